The monoisotopic (exact) mass is 235 g/mol. The molecule has 0 amide bonds. The maximum absolute atomic E-state index is 6.94. The van der Waals surface area contributed by atoms with Crippen molar-refractivity contribution in [2.45, 2.75) is 26.2 Å². The summed E-state index contributed by atoms with van der Waals surface area (Å²) in [4.78, 5) is 3.40. The van der Waals surface area contributed by atoms with E-state index in [0.717, 1.165) is 5.56 Å². The minimum absolute atomic E-state index is 0.187. The standard InChI is InChI=1S/C17H17N/c1-17(2,3)15-9-5-13(6-10-15)14-7-11-16(18-4)12-8-14/h5-12H,1-3H3. The fourth-order valence-electron chi connectivity index (χ4n) is 1.89. The van der Waals surface area contributed by atoms with Gasteiger partial charge in [-0.1, -0.05) is 69.3 Å². The van der Waals surface area contributed by atoms with Crippen LogP contribution in [0.1, 0.15) is 26.3 Å². The molecule has 0 spiro atoms. The van der Waals surface area contributed by atoms with Crippen molar-refractivity contribution >= 4 is 5.69 Å². The van der Waals surface area contributed by atoms with Gasteiger partial charge >= 0.3 is 0 Å². The van der Waals surface area contributed by atoms with Gasteiger partial charge in [-0.3, -0.25) is 0 Å². The molecule has 0 saturated carbocycles. The van der Waals surface area contributed by atoms with Gasteiger partial charge in [-0.25, -0.2) is 4.85 Å². The minimum atomic E-state index is 0.187. The second-order valence-corrected chi connectivity index (χ2v) is 5.49. The molecule has 0 atom stereocenters. The first-order valence-corrected chi connectivity index (χ1v) is 6.09. The zero-order valence-corrected chi connectivity index (χ0v) is 11.1. The van der Waals surface area contributed by atoms with Crippen LogP contribution < -0.4 is 0 Å². The van der Waals surface area contributed by atoms with E-state index in [0.29, 0.717) is 5.69 Å². The van der Waals surface area contributed by atoms with Crippen LogP contribution in [0, 0.1) is 6.57 Å². The van der Waals surface area contributed by atoms with Gasteiger partial charge in [0, 0.05) is 0 Å². The summed E-state index contributed by atoms with van der Waals surface area (Å²) < 4.78 is 0. The molecular formula is C17H17N. The average Bonchev–Trinajstić information content (AvgIpc) is 2.38. The molecule has 0 aliphatic rings. The van der Waals surface area contributed by atoms with Gasteiger partial charge in [0.05, 0.1) is 6.57 Å². The van der Waals surface area contributed by atoms with Crippen LogP contribution in [-0.4, -0.2) is 0 Å². The SMILES string of the molecule is [C-]#[N+]c1ccc(-c2ccc(C(C)(C)C)cc2)cc1. The second-order valence-electron chi connectivity index (χ2n) is 5.49. The lowest BCUT2D eigenvalue weighted by molar-refractivity contribution is 0.590. The summed E-state index contributed by atoms with van der Waals surface area (Å²) >= 11 is 0. The van der Waals surface area contributed by atoms with E-state index in [2.05, 4.69) is 49.9 Å². The lowest BCUT2D eigenvalue weighted by atomic mass is 9.86. The molecule has 0 heterocycles. The molecule has 1 heteroatoms. The first-order chi connectivity index (χ1) is 8.50. The largest absolute Gasteiger partial charge is 0.238 e. The molecule has 0 saturated heterocycles. The third kappa shape index (κ3) is 2.60. The molecule has 18 heavy (non-hydrogen) atoms. The normalized spacial score (nSPS) is 11.0. The molecular weight excluding hydrogens is 218 g/mol. The molecule has 0 fully saturated rings. The summed E-state index contributed by atoms with van der Waals surface area (Å²) in [5.41, 5.74) is 4.56. The number of benzene rings is 2. The van der Waals surface area contributed by atoms with Gasteiger partial charge in [0.15, 0.2) is 5.69 Å². The Morgan fingerprint density at radius 1 is 0.778 bits per heavy atom. The highest BCUT2D eigenvalue weighted by Gasteiger charge is 2.12. The first kappa shape index (κ1) is 12.4. The molecule has 0 aliphatic heterocycles. The van der Waals surface area contributed by atoms with Crippen molar-refractivity contribution in [2.75, 3.05) is 0 Å². The van der Waals surface area contributed by atoms with Crippen LogP contribution in [0.25, 0.3) is 16.0 Å². The van der Waals surface area contributed by atoms with E-state index in [4.69, 9.17) is 6.57 Å². The van der Waals surface area contributed by atoms with E-state index >= 15 is 0 Å². The highest BCUT2D eigenvalue weighted by atomic mass is 14.6. The Morgan fingerprint density at radius 2 is 1.22 bits per heavy atom. The van der Waals surface area contributed by atoms with E-state index in [-0.39, 0.29) is 5.41 Å². The molecule has 0 bridgehead atoms. The number of hydrogen-bond acceptors (Lipinski definition) is 0. The molecule has 90 valence electrons. The Morgan fingerprint density at radius 3 is 1.61 bits per heavy atom. The Hall–Kier alpha value is -2.07. The van der Waals surface area contributed by atoms with E-state index in [1.165, 1.54) is 11.1 Å². The van der Waals surface area contributed by atoms with Crippen LogP contribution >= 0.6 is 0 Å². The summed E-state index contributed by atoms with van der Waals surface area (Å²) in [6.45, 7) is 13.6. The second kappa shape index (κ2) is 4.66. The van der Waals surface area contributed by atoms with Crippen LogP contribution in [0.4, 0.5) is 5.69 Å². The molecule has 2 aromatic carbocycles. The minimum Gasteiger partial charge on any atom is -0.238 e. The molecule has 1 nitrogen and oxygen atoms in total. The summed E-state index contributed by atoms with van der Waals surface area (Å²) in [6.07, 6.45) is 0. The highest BCUT2D eigenvalue weighted by molar-refractivity contribution is 5.66. The van der Waals surface area contributed by atoms with Gasteiger partial charge in [0.25, 0.3) is 0 Å². The van der Waals surface area contributed by atoms with E-state index in [1.807, 2.05) is 24.3 Å². The predicted octanol–water partition coefficient (Wildman–Crippen LogP) is 5.20. The van der Waals surface area contributed by atoms with Crippen LogP contribution in [0.15, 0.2) is 48.5 Å². The average molecular weight is 235 g/mol. The smallest absolute Gasteiger partial charge is 0.187 e. The topological polar surface area (TPSA) is 4.36 Å². The van der Waals surface area contributed by atoms with Gasteiger partial charge in [-0.05, 0) is 22.1 Å². The van der Waals surface area contributed by atoms with E-state index in [1.54, 1.807) is 0 Å². The molecule has 0 aromatic heterocycles. The van der Waals surface area contributed by atoms with Gasteiger partial charge in [-0.2, -0.15) is 0 Å². The highest BCUT2D eigenvalue weighted by Crippen LogP contribution is 2.27. The Kier molecular flexibility index (Phi) is 3.21. The quantitative estimate of drug-likeness (QED) is 0.598. The molecule has 0 unspecified atom stereocenters. The Balaban J connectivity index is 2.32. The number of nitrogens with zero attached hydrogens (tertiary/aromatic N) is 1. The van der Waals surface area contributed by atoms with Crippen molar-refractivity contribution in [3.63, 3.8) is 0 Å². The van der Waals surface area contributed by atoms with Crippen LogP contribution in [0.5, 0.6) is 0 Å². The van der Waals surface area contributed by atoms with Gasteiger partial charge in [0.2, 0.25) is 0 Å². The molecule has 2 rings (SSSR count). The van der Waals surface area contributed by atoms with Gasteiger partial charge < -0.3 is 0 Å². The van der Waals surface area contributed by atoms with Crippen molar-refractivity contribution in [1.29, 1.82) is 0 Å². The Bertz CT molecular complexity index is 563. The van der Waals surface area contributed by atoms with Crippen molar-refractivity contribution in [2.24, 2.45) is 0 Å². The van der Waals surface area contributed by atoms with Crippen molar-refractivity contribution in [3.8, 4) is 11.1 Å². The lowest BCUT2D eigenvalue weighted by Crippen LogP contribution is -2.10. The molecule has 0 N–H and O–H groups in total. The fourth-order valence-corrected chi connectivity index (χ4v) is 1.89. The summed E-state index contributed by atoms with van der Waals surface area (Å²) in [6, 6.07) is 16.4. The van der Waals surface area contributed by atoms with Crippen molar-refractivity contribution in [1.82, 2.24) is 0 Å². The van der Waals surface area contributed by atoms with Gasteiger partial charge in [-0.15, -0.1) is 0 Å². The zero-order valence-electron chi connectivity index (χ0n) is 11.1. The fraction of sp³-hybridized carbons (Fsp3) is 0.235. The van der Waals surface area contributed by atoms with Crippen molar-refractivity contribution < 1.29 is 0 Å². The maximum Gasteiger partial charge on any atom is 0.187 e. The van der Waals surface area contributed by atoms with Gasteiger partial charge in [0.1, 0.15) is 0 Å². The zero-order chi connectivity index (χ0) is 13.2. The van der Waals surface area contributed by atoms with Crippen LogP contribution in [-0.2, 0) is 5.41 Å². The summed E-state index contributed by atoms with van der Waals surface area (Å²) in [7, 11) is 0. The maximum atomic E-state index is 6.94. The predicted molar refractivity (Wildman–Crippen MR) is 76.8 cm³/mol. The molecule has 2 aromatic rings. The van der Waals surface area contributed by atoms with Crippen LogP contribution in [0.2, 0.25) is 0 Å². The molecule has 0 aliphatic carbocycles. The summed E-state index contributed by atoms with van der Waals surface area (Å²) in [5, 5.41) is 0. The van der Waals surface area contributed by atoms with Crippen molar-refractivity contribution in [3.05, 3.63) is 65.5 Å². The molecule has 0 radical (unpaired) electrons. The third-order valence-electron chi connectivity index (χ3n) is 3.08. The van der Waals surface area contributed by atoms with E-state index in [9.17, 15) is 0 Å². The first-order valence-electron chi connectivity index (χ1n) is 6.09. The van der Waals surface area contributed by atoms with E-state index < -0.39 is 0 Å². The summed E-state index contributed by atoms with van der Waals surface area (Å²) in [5.74, 6) is 0. The number of rotatable bonds is 1. The lowest BCUT2D eigenvalue weighted by Gasteiger charge is -2.19. The Labute approximate surface area is 109 Å². The number of hydrogen-bond donors (Lipinski definition) is 0. The van der Waals surface area contributed by atoms with Crippen LogP contribution in [0.3, 0.4) is 0 Å². The third-order valence-corrected chi connectivity index (χ3v) is 3.08.